The maximum atomic E-state index is 12.3. The van der Waals surface area contributed by atoms with E-state index in [0.29, 0.717) is 5.92 Å². The lowest BCUT2D eigenvalue weighted by Crippen LogP contribution is -2.46. The monoisotopic (exact) mass is 276 g/mol. The summed E-state index contributed by atoms with van der Waals surface area (Å²) in [5.74, 6) is 0.813. The van der Waals surface area contributed by atoms with Gasteiger partial charge in [-0.2, -0.15) is 0 Å². The third kappa shape index (κ3) is 4.11. The number of nitrogens with two attached hydrogens (primary N) is 1. The van der Waals surface area contributed by atoms with Crippen molar-refractivity contribution in [1.29, 1.82) is 0 Å². The lowest BCUT2D eigenvalue weighted by Gasteiger charge is -2.35. The van der Waals surface area contributed by atoms with Crippen molar-refractivity contribution in [3.63, 3.8) is 0 Å². The molecule has 5 heteroatoms. The highest BCUT2D eigenvalue weighted by molar-refractivity contribution is 5.85. The van der Waals surface area contributed by atoms with E-state index in [2.05, 4.69) is 0 Å². The van der Waals surface area contributed by atoms with E-state index in [0.717, 1.165) is 58.3 Å². The minimum atomic E-state index is -0.166. The number of carbonyl (C=O) groups excluding carboxylic acids is 1. The third-order valence-electron chi connectivity index (χ3n) is 3.86. The molecule has 2 atom stereocenters. The molecule has 0 radical (unpaired) electrons. The van der Waals surface area contributed by atoms with E-state index < -0.39 is 0 Å². The van der Waals surface area contributed by atoms with Gasteiger partial charge in [0.15, 0.2) is 0 Å². The highest BCUT2D eigenvalue weighted by Crippen LogP contribution is 2.22. The predicted molar refractivity (Wildman–Crippen MR) is 73.8 cm³/mol. The minimum absolute atomic E-state index is 0. The molecule has 0 saturated carbocycles. The summed E-state index contributed by atoms with van der Waals surface area (Å²) in [6.07, 6.45) is 6.32. The van der Waals surface area contributed by atoms with Gasteiger partial charge in [-0.1, -0.05) is 0 Å². The molecule has 2 aliphatic rings. The Bertz CT molecular complexity index is 255. The van der Waals surface area contributed by atoms with Gasteiger partial charge in [0, 0.05) is 19.7 Å². The summed E-state index contributed by atoms with van der Waals surface area (Å²) in [5.41, 5.74) is 5.60. The van der Waals surface area contributed by atoms with E-state index in [1.54, 1.807) is 0 Å². The number of likely N-dealkylation sites (tertiary alicyclic amines) is 1. The van der Waals surface area contributed by atoms with Crippen molar-refractivity contribution in [2.45, 2.75) is 44.6 Å². The van der Waals surface area contributed by atoms with Crippen LogP contribution in [0.15, 0.2) is 0 Å². The van der Waals surface area contributed by atoms with Gasteiger partial charge in [0.05, 0.1) is 0 Å². The molecular formula is C13H25ClN2O2. The Labute approximate surface area is 116 Å². The maximum Gasteiger partial charge on any atom is 0.251 e. The van der Waals surface area contributed by atoms with E-state index in [1.807, 2.05) is 4.90 Å². The molecule has 2 saturated heterocycles. The number of rotatable bonds is 3. The number of nitrogens with zero attached hydrogens (tertiary/aromatic N) is 1. The largest absolute Gasteiger partial charge is 0.368 e. The van der Waals surface area contributed by atoms with Crippen molar-refractivity contribution < 1.29 is 9.53 Å². The fourth-order valence-electron chi connectivity index (χ4n) is 2.88. The van der Waals surface area contributed by atoms with E-state index in [-0.39, 0.29) is 24.4 Å². The first-order valence-electron chi connectivity index (χ1n) is 6.91. The van der Waals surface area contributed by atoms with E-state index in [9.17, 15) is 4.79 Å². The van der Waals surface area contributed by atoms with Crippen molar-refractivity contribution in [1.82, 2.24) is 4.90 Å². The Morgan fingerprint density at radius 2 is 2.11 bits per heavy atom. The second-order valence-corrected chi connectivity index (χ2v) is 5.23. The van der Waals surface area contributed by atoms with Crippen LogP contribution in [0.3, 0.4) is 0 Å². The van der Waals surface area contributed by atoms with E-state index in [4.69, 9.17) is 10.5 Å². The molecular weight excluding hydrogens is 252 g/mol. The highest BCUT2D eigenvalue weighted by atomic mass is 35.5. The van der Waals surface area contributed by atoms with Gasteiger partial charge >= 0.3 is 0 Å². The Balaban J connectivity index is 0.00000162. The molecule has 0 aromatic heterocycles. The molecule has 1 amide bonds. The fourth-order valence-corrected chi connectivity index (χ4v) is 2.88. The molecule has 2 heterocycles. The number of carbonyl (C=O) groups is 1. The number of piperidine rings is 1. The van der Waals surface area contributed by atoms with Gasteiger partial charge in [-0.05, 0) is 51.0 Å². The number of hydrogen-bond acceptors (Lipinski definition) is 3. The number of hydrogen-bond donors (Lipinski definition) is 1. The molecule has 106 valence electrons. The summed E-state index contributed by atoms with van der Waals surface area (Å²) >= 11 is 0. The average Bonchev–Trinajstić information content (AvgIpc) is 2.40. The second kappa shape index (κ2) is 7.97. The molecule has 2 N–H and O–H groups in total. The molecule has 0 bridgehead atoms. The average molecular weight is 277 g/mol. The smallest absolute Gasteiger partial charge is 0.251 e. The van der Waals surface area contributed by atoms with Crippen LogP contribution in [0.2, 0.25) is 0 Å². The Kier molecular flexibility index (Phi) is 6.97. The Morgan fingerprint density at radius 3 is 2.78 bits per heavy atom. The molecule has 4 nitrogen and oxygen atoms in total. The first kappa shape index (κ1) is 15.7. The van der Waals surface area contributed by atoms with Gasteiger partial charge in [0.2, 0.25) is 0 Å². The van der Waals surface area contributed by atoms with Crippen LogP contribution in [0.4, 0.5) is 0 Å². The van der Waals surface area contributed by atoms with Gasteiger partial charge in [-0.25, -0.2) is 0 Å². The van der Waals surface area contributed by atoms with E-state index in [1.165, 1.54) is 6.42 Å². The first-order chi connectivity index (χ1) is 8.31. The lowest BCUT2D eigenvalue weighted by molar-refractivity contribution is -0.148. The van der Waals surface area contributed by atoms with Crippen LogP contribution in [0.25, 0.3) is 0 Å². The summed E-state index contributed by atoms with van der Waals surface area (Å²) in [5, 5.41) is 0. The summed E-state index contributed by atoms with van der Waals surface area (Å²) in [6.45, 7) is 3.26. The Morgan fingerprint density at radius 1 is 1.28 bits per heavy atom. The number of ether oxygens (including phenoxy) is 1. The van der Waals surface area contributed by atoms with E-state index >= 15 is 0 Å². The first-order valence-corrected chi connectivity index (χ1v) is 6.91. The van der Waals surface area contributed by atoms with Crippen molar-refractivity contribution >= 4 is 18.3 Å². The molecule has 0 aliphatic carbocycles. The number of halogens is 1. The second-order valence-electron chi connectivity index (χ2n) is 5.23. The fraction of sp³-hybridized carbons (Fsp3) is 0.923. The van der Waals surface area contributed by atoms with Gasteiger partial charge in [-0.3, -0.25) is 4.79 Å². The van der Waals surface area contributed by atoms with Crippen LogP contribution in [0, 0.1) is 5.92 Å². The number of amides is 1. The molecule has 18 heavy (non-hydrogen) atoms. The topological polar surface area (TPSA) is 55.6 Å². The van der Waals surface area contributed by atoms with Crippen LogP contribution >= 0.6 is 12.4 Å². The zero-order chi connectivity index (χ0) is 12.1. The van der Waals surface area contributed by atoms with Gasteiger partial charge in [0.1, 0.15) is 6.10 Å². The summed E-state index contributed by atoms with van der Waals surface area (Å²) in [4.78, 5) is 14.3. The van der Waals surface area contributed by atoms with Gasteiger partial charge in [-0.15, -0.1) is 12.4 Å². The molecule has 2 rings (SSSR count). The van der Waals surface area contributed by atoms with Crippen LogP contribution in [-0.4, -0.2) is 43.2 Å². The third-order valence-corrected chi connectivity index (χ3v) is 3.86. The zero-order valence-electron chi connectivity index (χ0n) is 11.0. The highest BCUT2D eigenvalue weighted by Gasteiger charge is 2.30. The zero-order valence-corrected chi connectivity index (χ0v) is 11.8. The maximum absolute atomic E-state index is 12.3. The van der Waals surface area contributed by atoms with Crippen LogP contribution in [0.1, 0.15) is 38.5 Å². The molecule has 2 fully saturated rings. The summed E-state index contributed by atoms with van der Waals surface area (Å²) < 4.78 is 5.57. The van der Waals surface area contributed by atoms with Gasteiger partial charge in [0.25, 0.3) is 5.91 Å². The summed E-state index contributed by atoms with van der Waals surface area (Å²) in [7, 11) is 0. The predicted octanol–water partition coefficient (Wildman–Crippen LogP) is 1.56. The van der Waals surface area contributed by atoms with Crippen molar-refractivity contribution in [2.75, 3.05) is 26.2 Å². The molecule has 0 aromatic carbocycles. The normalized spacial score (nSPS) is 28.6. The minimum Gasteiger partial charge on any atom is -0.368 e. The van der Waals surface area contributed by atoms with Crippen molar-refractivity contribution in [3.8, 4) is 0 Å². The molecule has 2 unspecified atom stereocenters. The Hall–Kier alpha value is -0.320. The SMILES string of the molecule is Cl.NCCC1CCCN(C(=O)C2CCCCO2)C1. The van der Waals surface area contributed by atoms with Crippen molar-refractivity contribution in [3.05, 3.63) is 0 Å². The standard InChI is InChI=1S/C13H24N2O2.ClH/c14-7-6-11-4-3-8-15(10-11)13(16)12-5-1-2-9-17-12;/h11-12H,1-10,14H2;1H. The molecule has 2 aliphatic heterocycles. The van der Waals surface area contributed by atoms with Crippen LogP contribution in [0.5, 0.6) is 0 Å². The quantitative estimate of drug-likeness (QED) is 0.851. The van der Waals surface area contributed by atoms with Crippen molar-refractivity contribution in [2.24, 2.45) is 11.7 Å². The van der Waals surface area contributed by atoms with Gasteiger partial charge < -0.3 is 15.4 Å². The summed E-state index contributed by atoms with van der Waals surface area (Å²) in [6, 6.07) is 0. The molecule has 0 spiro atoms. The van der Waals surface area contributed by atoms with Crippen LogP contribution < -0.4 is 5.73 Å². The molecule has 0 aromatic rings. The van der Waals surface area contributed by atoms with Crippen LogP contribution in [-0.2, 0) is 9.53 Å². The lowest BCUT2D eigenvalue weighted by atomic mass is 9.94.